The van der Waals surface area contributed by atoms with Gasteiger partial charge in [0.1, 0.15) is 24.4 Å². The van der Waals surface area contributed by atoms with Crippen LogP contribution >= 0.6 is 0 Å². The molecule has 9 heteroatoms. The van der Waals surface area contributed by atoms with Gasteiger partial charge in [-0.25, -0.2) is 10.1 Å². The predicted octanol–water partition coefficient (Wildman–Crippen LogP) is 0.167. The molecule has 2 aromatic heterocycles. The molecule has 0 aliphatic heterocycles. The fourth-order valence-corrected chi connectivity index (χ4v) is 2.09. The summed E-state index contributed by atoms with van der Waals surface area (Å²) in [6.45, 7) is 1.42. The molecule has 0 fully saturated rings. The molecule has 0 radical (unpaired) electrons. The van der Waals surface area contributed by atoms with E-state index in [1.165, 1.54) is 23.0 Å². The number of nitrogens with one attached hydrogen (secondary N) is 2. The number of fused-ring (bicyclic) bond motifs is 1. The Balaban J connectivity index is 1.96. The smallest absolute Gasteiger partial charge is 0.261 e. The molecule has 112 valence electrons. The molecule has 0 aliphatic rings. The summed E-state index contributed by atoms with van der Waals surface area (Å²) in [6.07, 6.45) is 1.26. The van der Waals surface area contributed by atoms with E-state index in [9.17, 15) is 14.7 Å². The summed E-state index contributed by atoms with van der Waals surface area (Å²) >= 11 is 0. The number of carbonyl (C=O) groups is 1. The SMILES string of the molecule is Cc1nc2ccc(O)cc2c(=O)n1CC(=O)Nc1ncn[nH]1. The van der Waals surface area contributed by atoms with Gasteiger partial charge in [-0.15, -0.1) is 0 Å². The van der Waals surface area contributed by atoms with Crippen molar-refractivity contribution >= 4 is 22.8 Å². The molecule has 3 N–H and O–H groups in total. The van der Waals surface area contributed by atoms with E-state index in [2.05, 4.69) is 25.5 Å². The molecule has 1 amide bonds. The van der Waals surface area contributed by atoms with E-state index < -0.39 is 11.5 Å². The van der Waals surface area contributed by atoms with Gasteiger partial charge in [0.25, 0.3) is 5.56 Å². The third-order valence-electron chi connectivity index (χ3n) is 3.10. The molecular formula is C13H12N6O3. The number of hydrogen-bond donors (Lipinski definition) is 3. The average molecular weight is 300 g/mol. The molecule has 3 rings (SSSR count). The van der Waals surface area contributed by atoms with E-state index in [0.717, 1.165) is 0 Å². The number of amides is 1. The summed E-state index contributed by atoms with van der Waals surface area (Å²) in [5.74, 6) is 0.120. The average Bonchev–Trinajstić information content (AvgIpc) is 2.97. The lowest BCUT2D eigenvalue weighted by molar-refractivity contribution is -0.116. The van der Waals surface area contributed by atoms with Crippen molar-refractivity contribution in [2.24, 2.45) is 0 Å². The zero-order valence-electron chi connectivity index (χ0n) is 11.6. The van der Waals surface area contributed by atoms with Crippen molar-refractivity contribution in [3.8, 4) is 5.75 Å². The van der Waals surface area contributed by atoms with Gasteiger partial charge in [-0.3, -0.25) is 19.5 Å². The Morgan fingerprint density at radius 1 is 1.45 bits per heavy atom. The summed E-state index contributed by atoms with van der Waals surface area (Å²) in [4.78, 5) is 32.4. The number of aromatic amines is 1. The van der Waals surface area contributed by atoms with Gasteiger partial charge in [-0.2, -0.15) is 10.1 Å². The summed E-state index contributed by atoms with van der Waals surface area (Å²) in [6, 6.07) is 4.34. The van der Waals surface area contributed by atoms with Crippen molar-refractivity contribution in [2.45, 2.75) is 13.5 Å². The number of phenolic OH excluding ortho intramolecular Hbond substituents is 1. The van der Waals surface area contributed by atoms with Crippen molar-refractivity contribution in [2.75, 3.05) is 5.32 Å². The van der Waals surface area contributed by atoms with Crippen LogP contribution in [0.2, 0.25) is 0 Å². The second-order valence-electron chi connectivity index (χ2n) is 4.63. The van der Waals surface area contributed by atoms with E-state index in [-0.39, 0.29) is 23.6 Å². The Morgan fingerprint density at radius 2 is 2.27 bits per heavy atom. The van der Waals surface area contributed by atoms with Gasteiger partial charge in [0, 0.05) is 0 Å². The molecule has 0 atom stereocenters. The van der Waals surface area contributed by atoms with E-state index in [1.54, 1.807) is 13.0 Å². The zero-order valence-corrected chi connectivity index (χ0v) is 11.6. The second-order valence-corrected chi connectivity index (χ2v) is 4.63. The van der Waals surface area contributed by atoms with Gasteiger partial charge >= 0.3 is 0 Å². The maximum atomic E-state index is 12.4. The fourth-order valence-electron chi connectivity index (χ4n) is 2.09. The summed E-state index contributed by atoms with van der Waals surface area (Å²) in [5, 5.41) is 18.3. The monoisotopic (exact) mass is 300 g/mol. The number of aromatic hydroxyl groups is 1. The highest BCUT2D eigenvalue weighted by atomic mass is 16.3. The van der Waals surface area contributed by atoms with Crippen LogP contribution in [0.15, 0.2) is 29.3 Å². The van der Waals surface area contributed by atoms with Gasteiger partial charge in [-0.1, -0.05) is 0 Å². The van der Waals surface area contributed by atoms with Crippen LogP contribution < -0.4 is 10.9 Å². The molecule has 0 saturated carbocycles. The van der Waals surface area contributed by atoms with Gasteiger partial charge in [0.15, 0.2) is 0 Å². The minimum atomic E-state index is -0.441. The van der Waals surface area contributed by atoms with Gasteiger partial charge in [0.2, 0.25) is 11.9 Å². The van der Waals surface area contributed by atoms with Crippen molar-refractivity contribution < 1.29 is 9.90 Å². The highest BCUT2D eigenvalue weighted by molar-refractivity contribution is 5.89. The van der Waals surface area contributed by atoms with Crippen LogP contribution in [0, 0.1) is 6.92 Å². The first-order valence-corrected chi connectivity index (χ1v) is 6.40. The standard InChI is InChI=1S/C13H12N6O3/c1-7-16-10-3-2-8(20)4-9(10)12(22)19(7)5-11(21)17-13-14-6-15-18-13/h2-4,6,20H,5H2,1H3,(H2,14,15,17,18,21). The van der Waals surface area contributed by atoms with Gasteiger partial charge in [0.05, 0.1) is 10.9 Å². The normalized spacial score (nSPS) is 10.8. The molecule has 0 aliphatic carbocycles. The molecule has 0 unspecified atom stereocenters. The molecule has 9 nitrogen and oxygen atoms in total. The van der Waals surface area contributed by atoms with Crippen LogP contribution in [0.4, 0.5) is 5.95 Å². The first kappa shape index (κ1) is 13.7. The van der Waals surface area contributed by atoms with Gasteiger partial charge in [-0.05, 0) is 25.1 Å². The number of aryl methyl sites for hydroxylation is 1. The van der Waals surface area contributed by atoms with Crippen molar-refractivity contribution in [1.29, 1.82) is 0 Å². The minimum absolute atomic E-state index is 0.0343. The second kappa shape index (κ2) is 5.28. The Hall–Kier alpha value is -3.23. The van der Waals surface area contributed by atoms with Crippen LogP contribution in [-0.4, -0.2) is 35.7 Å². The maximum Gasteiger partial charge on any atom is 0.261 e. The summed E-state index contributed by atoms with van der Waals surface area (Å²) < 4.78 is 1.23. The fraction of sp³-hybridized carbons (Fsp3) is 0.154. The number of hydrogen-bond acceptors (Lipinski definition) is 6. The van der Waals surface area contributed by atoms with Crippen molar-refractivity contribution in [1.82, 2.24) is 24.7 Å². The van der Waals surface area contributed by atoms with Crippen molar-refractivity contribution in [3.63, 3.8) is 0 Å². The minimum Gasteiger partial charge on any atom is -0.508 e. The highest BCUT2D eigenvalue weighted by Gasteiger charge is 2.12. The molecule has 1 aromatic carbocycles. The lowest BCUT2D eigenvalue weighted by atomic mass is 10.2. The summed E-state index contributed by atoms with van der Waals surface area (Å²) in [5.41, 5.74) is 0.0679. The Morgan fingerprint density at radius 3 is 3.00 bits per heavy atom. The number of carbonyl (C=O) groups excluding carboxylic acids is 1. The lowest BCUT2D eigenvalue weighted by Crippen LogP contribution is -2.30. The van der Waals surface area contributed by atoms with Crippen LogP contribution in [0.5, 0.6) is 5.75 Å². The molecule has 0 saturated heterocycles. The van der Waals surface area contributed by atoms with Crippen LogP contribution in [0.1, 0.15) is 5.82 Å². The number of rotatable bonds is 3. The Bertz CT molecular complexity index is 900. The number of benzene rings is 1. The predicted molar refractivity (Wildman–Crippen MR) is 77.4 cm³/mol. The molecule has 3 aromatic rings. The van der Waals surface area contributed by atoms with Crippen LogP contribution in [0.25, 0.3) is 10.9 Å². The van der Waals surface area contributed by atoms with Crippen LogP contribution in [-0.2, 0) is 11.3 Å². The van der Waals surface area contributed by atoms with E-state index >= 15 is 0 Å². The van der Waals surface area contributed by atoms with E-state index in [0.29, 0.717) is 11.3 Å². The van der Waals surface area contributed by atoms with Gasteiger partial charge < -0.3 is 5.11 Å². The Kier molecular flexibility index (Phi) is 3.30. The molecule has 0 spiro atoms. The highest BCUT2D eigenvalue weighted by Crippen LogP contribution is 2.15. The Labute approximate surface area is 123 Å². The molecule has 22 heavy (non-hydrogen) atoms. The molecule has 0 bridgehead atoms. The topological polar surface area (TPSA) is 126 Å². The number of anilines is 1. The molecule has 2 heterocycles. The van der Waals surface area contributed by atoms with Crippen molar-refractivity contribution in [3.05, 3.63) is 40.7 Å². The quantitative estimate of drug-likeness (QED) is 0.633. The largest absolute Gasteiger partial charge is 0.508 e. The third-order valence-corrected chi connectivity index (χ3v) is 3.10. The first-order valence-electron chi connectivity index (χ1n) is 6.40. The van der Waals surface area contributed by atoms with Crippen LogP contribution in [0.3, 0.4) is 0 Å². The number of aromatic nitrogens is 5. The number of H-pyrrole nitrogens is 1. The van der Waals surface area contributed by atoms with E-state index in [4.69, 9.17) is 0 Å². The zero-order chi connectivity index (χ0) is 15.7. The first-order chi connectivity index (χ1) is 10.5. The number of nitrogens with zero attached hydrogens (tertiary/aromatic N) is 4. The van der Waals surface area contributed by atoms with E-state index in [1.807, 2.05) is 0 Å². The summed E-state index contributed by atoms with van der Waals surface area (Å²) in [7, 11) is 0. The molecular weight excluding hydrogens is 288 g/mol. The third kappa shape index (κ3) is 2.51. The lowest BCUT2D eigenvalue weighted by Gasteiger charge is -2.10. The maximum absolute atomic E-state index is 12.4. The number of phenols is 1.